The van der Waals surface area contributed by atoms with Gasteiger partial charge in [-0.2, -0.15) is 0 Å². The van der Waals surface area contributed by atoms with Crippen LogP contribution in [0.25, 0.3) is 17.2 Å². The van der Waals surface area contributed by atoms with Gasteiger partial charge in [-0.3, -0.25) is 14.6 Å². The van der Waals surface area contributed by atoms with E-state index in [1.54, 1.807) is 35.2 Å². The topological polar surface area (TPSA) is 109 Å². The van der Waals surface area contributed by atoms with Crippen molar-refractivity contribution in [2.75, 3.05) is 30.0 Å². The number of carboxylic acid groups (broad SMARTS) is 1. The molecule has 238 valence electrons. The number of carbonyl (C=O) groups is 3. The molecule has 1 spiro atoms. The van der Waals surface area contributed by atoms with E-state index in [9.17, 15) is 19.5 Å². The van der Waals surface area contributed by atoms with Crippen LogP contribution in [-0.2, 0) is 4.74 Å². The fourth-order valence-corrected chi connectivity index (χ4v) is 7.69. The van der Waals surface area contributed by atoms with Gasteiger partial charge < -0.3 is 20.1 Å². The third kappa shape index (κ3) is 6.28. The van der Waals surface area contributed by atoms with Gasteiger partial charge in [-0.1, -0.05) is 24.3 Å². The number of pyridine rings is 1. The van der Waals surface area contributed by atoms with Crippen molar-refractivity contribution in [2.45, 2.75) is 39.0 Å². The molecule has 1 fully saturated rings. The highest BCUT2D eigenvalue weighted by atomic mass is 32.1. The monoisotopic (exact) mass is 645 g/mol. The minimum atomic E-state index is -0.946. The number of thiophene rings is 1. The highest BCUT2D eigenvalue weighted by molar-refractivity contribution is 7.15. The number of benzene rings is 2. The van der Waals surface area contributed by atoms with E-state index in [1.807, 2.05) is 55.6 Å². The number of fused-ring (bicyclic) bond motifs is 1. The average molecular weight is 646 g/mol. The summed E-state index contributed by atoms with van der Waals surface area (Å²) in [4.78, 5) is 46.6. The summed E-state index contributed by atoms with van der Waals surface area (Å²) in [5.74, 6) is -1.33. The van der Waals surface area contributed by atoms with Crippen LogP contribution in [0.2, 0.25) is 0 Å². The lowest BCUT2D eigenvalue weighted by Crippen LogP contribution is -2.32. The Balaban J connectivity index is 1.07. The number of allylic oxidation sites excluding steroid dienone is 2. The summed E-state index contributed by atoms with van der Waals surface area (Å²) < 4.78 is 5.60. The molecule has 4 aromatic rings. The third-order valence-corrected chi connectivity index (χ3v) is 10.6. The Kier molecular flexibility index (Phi) is 8.34. The Labute approximate surface area is 277 Å². The number of hydrogen-bond donors (Lipinski definition) is 2. The molecule has 9 heteroatoms. The van der Waals surface area contributed by atoms with Crippen molar-refractivity contribution in [1.29, 1.82) is 0 Å². The average Bonchev–Trinajstić information content (AvgIpc) is 3.69. The molecule has 2 N–H and O–H groups in total. The van der Waals surface area contributed by atoms with E-state index in [0.29, 0.717) is 29.8 Å². The van der Waals surface area contributed by atoms with Crippen molar-refractivity contribution in [1.82, 2.24) is 4.98 Å². The molecule has 2 aromatic heterocycles. The van der Waals surface area contributed by atoms with Crippen LogP contribution in [0.4, 0.5) is 11.4 Å². The van der Waals surface area contributed by atoms with Gasteiger partial charge in [-0.25, -0.2) is 4.79 Å². The van der Waals surface area contributed by atoms with Crippen molar-refractivity contribution in [3.05, 3.63) is 117 Å². The first-order valence-corrected chi connectivity index (χ1v) is 16.7. The smallest absolute Gasteiger partial charge is 0.345 e. The summed E-state index contributed by atoms with van der Waals surface area (Å²) in [6.45, 7) is 3.93. The molecule has 0 bridgehead atoms. The Morgan fingerprint density at radius 3 is 2.55 bits per heavy atom. The third-order valence-electron chi connectivity index (χ3n) is 9.40. The van der Waals surface area contributed by atoms with E-state index in [0.717, 1.165) is 77.4 Å². The number of hydrogen-bond acceptors (Lipinski definition) is 6. The van der Waals surface area contributed by atoms with Gasteiger partial charge >= 0.3 is 5.97 Å². The van der Waals surface area contributed by atoms with E-state index in [1.165, 1.54) is 11.3 Å². The zero-order chi connectivity index (χ0) is 32.5. The summed E-state index contributed by atoms with van der Waals surface area (Å²) in [5.41, 5.74) is 7.29. The van der Waals surface area contributed by atoms with Crippen molar-refractivity contribution < 1.29 is 24.2 Å². The molecule has 3 aliphatic rings. The number of aryl methyl sites for hydroxylation is 1. The van der Waals surface area contributed by atoms with Crippen molar-refractivity contribution in [2.24, 2.45) is 5.41 Å². The molecule has 47 heavy (non-hydrogen) atoms. The number of aromatic carboxylic acids is 1. The van der Waals surface area contributed by atoms with Crippen molar-refractivity contribution >= 4 is 57.7 Å². The van der Waals surface area contributed by atoms with Crippen molar-refractivity contribution in [3.63, 3.8) is 0 Å². The van der Waals surface area contributed by atoms with E-state index >= 15 is 0 Å². The number of rotatable bonds is 6. The summed E-state index contributed by atoms with van der Waals surface area (Å²) in [7, 11) is 0. The zero-order valence-corrected chi connectivity index (χ0v) is 26.9. The minimum absolute atomic E-state index is 0.150. The fraction of sp³-hybridized carbons (Fsp3) is 0.263. The summed E-state index contributed by atoms with van der Waals surface area (Å²) in [5, 5.41) is 12.4. The lowest BCUT2D eigenvalue weighted by Gasteiger charge is -2.33. The van der Waals surface area contributed by atoms with Crippen LogP contribution in [0.3, 0.4) is 0 Å². The lowest BCUT2D eigenvalue weighted by molar-refractivity contribution is 0.0217. The molecule has 1 aliphatic carbocycles. The maximum absolute atomic E-state index is 13.9. The van der Waals surface area contributed by atoms with Crippen LogP contribution in [0.5, 0.6) is 0 Å². The van der Waals surface area contributed by atoms with Gasteiger partial charge in [0.2, 0.25) is 0 Å². The van der Waals surface area contributed by atoms with Gasteiger partial charge in [0.15, 0.2) is 0 Å². The summed E-state index contributed by atoms with van der Waals surface area (Å²) in [6.07, 6.45) is 10.6. The number of amides is 2. The Bertz CT molecular complexity index is 1930. The number of para-hydroxylation sites is 1. The van der Waals surface area contributed by atoms with Crippen LogP contribution in [0.1, 0.15) is 84.2 Å². The molecule has 7 rings (SSSR count). The highest BCUT2D eigenvalue weighted by Crippen LogP contribution is 2.48. The van der Waals surface area contributed by atoms with Gasteiger partial charge in [0.1, 0.15) is 4.88 Å². The second-order valence-corrected chi connectivity index (χ2v) is 13.7. The van der Waals surface area contributed by atoms with Crippen LogP contribution in [0, 0.1) is 12.3 Å². The standard InChI is InChI=1S/C38H35N3O5S/c1-24-20-30(34(39-23-24)28-12-14-38(22-28)15-18-46-19-16-38)35(42)40-29-8-6-25(7-9-29)36(43)41-17-13-27(21-26-4-2-3-5-31(26)41)32-10-11-33(47-32)37(44)45/h2-12,20-21,23H,13-19,22H2,1H3,(H,40,42)(H,44,45). The normalized spacial score (nSPS) is 17.0. The predicted molar refractivity (Wildman–Crippen MR) is 185 cm³/mol. The quantitative estimate of drug-likeness (QED) is 0.220. The molecule has 2 aromatic carbocycles. The molecular formula is C38H35N3O5S. The van der Waals surface area contributed by atoms with E-state index in [-0.39, 0.29) is 22.1 Å². The molecular weight excluding hydrogens is 611 g/mol. The molecule has 2 aliphatic heterocycles. The lowest BCUT2D eigenvalue weighted by atomic mass is 9.77. The molecule has 0 saturated carbocycles. The molecule has 0 atom stereocenters. The molecule has 4 heterocycles. The van der Waals surface area contributed by atoms with E-state index in [2.05, 4.69) is 11.4 Å². The number of ether oxygens (including phenoxy) is 1. The largest absolute Gasteiger partial charge is 0.477 e. The Hall–Kier alpha value is -4.86. The van der Waals surface area contributed by atoms with Gasteiger partial charge in [0, 0.05) is 42.1 Å². The molecule has 0 radical (unpaired) electrons. The maximum atomic E-state index is 13.9. The predicted octanol–water partition coefficient (Wildman–Crippen LogP) is 7.97. The number of anilines is 2. The first-order valence-electron chi connectivity index (χ1n) is 15.9. The number of aromatic nitrogens is 1. The van der Waals surface area contributed by atoms with Gasteiger partial charge in [0.25, 0.3) is 11.8 Å². The first kappa shape index (κ1) is 30.8. The fourth-order valence-electron chi connectivity index (χ4n) is 6.80. The molecule has 8 nitrogen and oxygen atoms in total. The SMILES string of the molecule is Cc1cnc(C2=CCC3(CCOCC3)C2)c(C(=O)Nc2ccc(C(=O)N3CCC(c4ccc(C(=O)O)s4)=Cc4ccccc43)cc2)c1. The number of nitrogens with zero attached hydrogens (tertiary/aromatic N) is 2. The first-order chi connectivity index (χ1) is 22.8. The molecule has 0 unspecified atom stereocenters. The minimum Gasteiger partial charge on any atom is -0.477 e. The maximum Gasteiger partial charge on any atom is 0.345 e. The van der Waals surface area contributed by atoms with Crippen LogP contribution >= 0.6 is 11.3 Å². The molecule has 1 saturated heterocycles. The second-order valence-electron chi connectivity index (χ2n) is 12.6. The number of nitrogens with one attached hydrogen (secondary N) is 1. The van der Waals surface area contributed by atoms with E-state index < -0.39 is 5.97 Å². The van der Waals surface area contributed by atoms with E-state index in [4.69, 9.17) is 9.72 Å². The summed E-state index contributed by atoms with van der Waals surface area (Å²) in [6, 6.07) is 20.1. The van der Waals surface area contributed by atoms with Crippen LogP contribution in [0.15, 0.2) is 79.0 Å². The highest BCUT2D eigenvalue weighted by Gasteiger charge is 2.37. The van der Waals surface area contributed by atoms with Gasteiger partial charge in [-0.15, -0.1) is 11.3 Å². The number of carbonyl (C=O) groups excluding carboxylic acids is 2. The van der Waals surface area contributed by atoms with Crippen LogP contribution < -0.4 is 10.2 Å². The van der Waals surface area contributed by atoms with Gasteiger partial charge in [0.05, 0.1) is 16.9 Å². The second kappa shape index (κ2) is 12.7. The molecule has 2 amide bonds. The summed E-state index contributed by atoms with van der Waals surface area (Å²) >= 11 is 1.24. The van der Waals surface area contributed by atoms with Crippen molar-refractivity contribution in [3.8, 4) is 0 Å². The van der Waals surface area contributed by atoms with Crippen LogP contribution in [-0.4, -0.2) is 47.6 Å². The number of carboxylic acids is 1. The zero-order valence-electron chi connectivity index (χ0n) is 26.1. The Morgan fingerprint density at radius 2 is 1.79 bits per heavy atom. The van der Waals surface area contributed by atoms with Gasteiger partial charge in [-0.05, 0) is 121 Å². The Morgan fingerprint density at radius 1 is 1.00 bits per heavy atom.